The molecular formula is C32H35NO7. The Balaban J connectivity index is 1.53. The van der Waals surface area contributed by atoms with Gasteiger partial charge in [0.1, 0.15) is 12.0 Å². The zero-order chi connectivity index (χ0) is 28.4. The fourth-order valence-electron chi connectivity index (χ4n) is 6.26. The third-order valence-electron chi connectivity index (χ3n) is 8.30. The molecule has 0 saturated heterocycles. The normalized spacial score (nSPS) is 22.9. The number of aliphatic imine (C=N–C) groups is 1. The molecule has 1 fully saturated rings. The highest BCUT2D eigenvalue weighted by Gasteiger charge is 2.45. The molecule has 2 aromatic carbocycles. The van der Waals surface area contributed by atoms with Gasteiger partial charge in [-0.3, -0.25) is 14.6 Å². The van der Waals surface area contributed by atoms with Gasteiger partial charge in [-0.15, -0.1) is 0 Å². The lowest BCUT2D eigenvalue weighted by molar-refractivity contribution is -0.151. The topological polar surface area (TPSA) is 100 Å². The Labute approximate surface area is 234 Å². The van der Waals surface area contributed by atoms with E-state index in [1.165, 1.54) is 7.11 Å². The van der Waals surface area contributed by atoms with Crippen LogP contribution in [0.1, 0.15) is 78.8 Å². The van der Waals surface area contributed by atoms with Crippen LogP contribution in [0.5, 0.6) is 11.5 Å². The van der Waals surface area contributed by atoms with Gasteiger partial charge >= 0.3 is 11.9 Å². The maximum absolute atomic E-state index is 13.9. The minimum Gasteiger partial charge on any atom is -0.493 e. The number of Topliss-reactive ketones (excluding diaryl/α,β-unsaturated/α-hetero) is 1. The van der Waals surface area contributed by atoms with Gasteiger partial charge < -0.3 is 18.9 Å². The van der Waals surface area contributed by atoms with E-state index in [4.69, 9.17) is 23.9 Å². The smallest absolute Gasteiger partial charge is 0.337 e. The van der Waals surface area contributed by atoms with Crippen LogP contribution in [-0.2, 0) is 19.1 Å². The molecular weight excluding hydrogens is 510 g/mol. The summed E-state index contributed by atoms with van der Waals surface area (Å²) in [5.41, 5.74) is 4.01. The summed E-state index contributed by atoms with van der Waals surface area (Å²) in [6, 6.07) is 12.6. The van der Waals surface area contributed by atoms with E-state index in [0.29, 0.717) is 40.5 Å². The number of ether oxygens (including phenoxy) is 4. The average Bonchev–Trinajstić information content (AvgIpc) is 3.48. The van der Waals surface area contributed by atoms with Gasteiger partial charge in [0.05, 0.1) is 26.9 Å². The summed E-state index contributed by atoms with van der Waals surface area (Å²) in [6.07, 6.45) is 4.52. The monoisotopic (exact) mass is 545 g/mol. The Kier molecular flexibility index (Phi) is 8.05. The van der Waals surface area contributed by atoms with Crippen LogP contribution >= 0.6 is 0 Å². The van der Waals surface area contributed by atoms with Crippen molar-refractivity contribution in [2.45, 2.75) is 63.4 Å². The highest BCUT2D eigenvalue weighted by Crippen LogP contribution is 2.47. The molecule has 210 valence electrons. The van der Waals surface area contributed by atoms with Gasteiger partial charge in [-0.1, -0.05) is 18.2 Å². The summed E-state index contributed by atoms with van der Waals surface area (Å²) in [5, 5.41) is 0. The van der Waals surface area contributed by atoms with Crippen molar-refractivity contribution in [2.24, 2.45) is 10.9 Å². The minimum atomic E-state index is -0.718. The standard InChI is InChI=1S/C32H35NO7/c1-18-28(32(36)40-23-7-5-6-8-23)29(19-9-11-20(12-10-19)31(35)39-4)30-24(33-18)15-22(16-25(30)34)21-13-14-26(37-2)27(17-21)38-3/h9-14,17,22-23,28-29H,5-8,15-16H2,1-4H3/t22-,28?,29-/m0/s1. The predicted molar refractivity (Wildman–Crippen MR) is 149 cm³/mol. The molecule has 0 amide bonds. The molecule has 1 unspecified atom stereocenters. The zero-order valence-corrected chi connectivity index (χ0v) is 23.4. The lowest BCUT2D eigenvalue weighted by Crippen LogP contribution is -2.39. The van der Waals surface area contributed by atoms with Crippen LogP contribution in [0.2, 0.25) is 0 Å². The lowest BCUT2D eigenvalue weighted by atomic mass is 9.69. The van der Waals surface area contributed by atoms with E-state index in [0.717, 1.165) is 36.8 Å². The highest BCUT2D eigenvalue weighted by molar-refractivity contribution is 6.09. The van der Waals surface area contributed by atoms with Crippen molar-refractivity contribution in [2.75, 3.05) is 21.3 Å². The second kappa shape index (κ2) is 11.7. The average molecular weight is 546 g/mol. The Morgan fingerprint density at radius 3 is 2.20 bits per heavy atom. The molecule has 0 spiro atoms. The third kappa shape index (κ3) is 5.27. The maximum atomic E-state index is 13.9. The molecule has 2 aliphatic carbocycles. The molecule has 0 bridgehead atoms. The van der Waals surface area contributed by atoms with E-state index in [2.05, 4.69) is 0 Å². The Hall–Kier alpha value is -3.94. The first-order valence-electron chi connectivity index (χ1n) is 13.8. The summed E-state index contributed by atoms with van der Waals surface area (Å²) in [4.78, 5) is 44.5. The van der Waals surface area contributed by atoms with Crippen molar-refractivity contribution in [3.63, 3.8) is 0 Å². The number of carbonyl (C=O) groups is 3. The Morgan fingerprint density at radius 2 is 1.55 bits per heavy atom. The summed E-state index contributed by atoms with van der Waals surface area (Å²) in [5.74, 6) is -0.970. The quantitative estimate of drug-likeness (QED) is 0.421. The summed E-state index contributed by atoms with van der Waals surface area (Å²) < 4.78 is 21.7. The van der Waals surface area contributed by atoms with E-state index in [1.54, 1.807) is 38.5 Å². The predicted octanol–water partition coefficient (Wildman–Crippen LogP) is 5.55. The first kappa shape index (κ1) is 27.6. The molecule has 0 N–H and O–H groups in total. The number of nitrogens with zero attached hydrogens (tertiary/aromatic N) is 1. The van der Waals surface area contributed by atoms with Crippen LogP contribution in [0.25, 0.3) is 0 Å². The number of hydrogen-bond donors (Lipinski definition) is 0. The van der Waals surface area contributed by atoms with Crippen LogP contribution in [0, 0.1) is 5.92 Å². The molecule has 1 heterocycles. The number of hydrogen-bond acceptors (Lipinski definition) is 8. The van der Waals surface area contributed by atoms with E-state index in [1.807, 2.05) is 25.1 Å². The number of rotatable bonds is 7. The number of methoxy groups -OCH3 is 3. The molecule has 1 saturated carbocycles. The molecule has 8 heteroatoms. The lowest BCUT2D eigenvalue weighted by Gasteiger charge is -2.37. The van der Waals surface area contributed by atoms with Crippen molar-refractivity contribution in [1.29, 1.82) is 0 Å². The van der Waals surface area contributed by atoms with Gasteiger partial charge in [0, 0.05) is 29.3 Å². The highest BCUT2D eigenvalue weighted by atomic mass is 16.5. The second-order valence-electron chi connectivity index (χ2n) is 10.7. The van der Waals surface area contributed by atoms with Crippen LogP contribution < -0.4 is 9.47 Å². The summed E-state index contributed by atoms with van der Waals surface area (Å²) >= 11 is 0. The number of ketones is 1. The fraction of sp³-hybridized carbons (Fsp3) is 0.438. The Morgan fingerprint density at radius 1 is 0.875 bits per heavy atom. The third-order valence-corrected chi connectivity index (χ3v) is 8.30. The fourth-order valence-corrected chi connectivity index (χ4v) is 6.26. The summed E-state index contributed by atoms with van der Waals surface area (Å²) in [7, 11) is 4.51. The van der Waals surface area contributed by atoms with Gasteiger partial charge in [-0.2, -0.15) is 0 Å². The van der Waals surface area contributed by atoms with Crippen molar-refractivity contribution < 1.29 is 33.3 Å². The summed E-state index contributed by atoms with van der Waals surface area (Å²) in [6.45, 7) is 1.84. The molecule has 0 radical (unpaired) electrons. The first-order valence-corrected chi connectivity index (χ1v) is 13.8. The molecule has 1 aliphatic heterocycles. The molecule has 5 rings (SSSR count). The van der Waals surface area contributed by atoms with E-state index in [9.17, 15) is 14.4 Å². The van der Waals surface area contributed by atoms with Crippen molar-refractivity contribution in [3.8, 4) is 11.5 Å². The van der Waals surface area contributed by atoms with Gasteiger partial charge in [0.2, 0.25) is 0 Å². The van der Waals surface area contributed by atoms with Crippen LogP contribution in [0.3, 0.4) is 0 Å². The second-order valence-corrected chi connectivity index (χ2v) is 10.7. The van der Waals surface area contributed by atoms with Gasteiger partial charge in [0.25, 0.3) is 0 Å². The molecule has 40 heavy (non-hydrogen) atoms. The van der Waals surface area contributed by atoms with Gasteiger partial charge in [-0.25, -0.2) is 4.79 Å². The largest absolute Gasteiger partial charge is 0.493 e. The number of carbonyl (C=O) groups excluding carboxylic acids is 3. The van der Waals surface area contributed by atoms with Gasteiger partial charge in [0.15, 0.2) is 17.3 Å². The maximum Gasteiger partial charge on any atom is 0.337 e. The molecule has 2 aromatic rings. The molecule has 3 atom stereocenters. The van der Waals surface area contributed by atoms with Crippen molar-refractivity contribution in [1.82, 2.24) is 0 Å². The number of allylic oxidation sites excluding steroid dienone is 2. The van der Waals surface area contributed by atoms with Crippen LogP contribution in [0.4, 0.5) is 0 Å². The van der Waals surface area contributed by atoms with Crippen molar-refractivity contribution >= 4 is 23.4 Å². The van der Waals surface area contributed by atoms with Crippen LogP contribution in [0.15, 0.2) is 58.7 Å². The molecule has 0 aromatic heterocycles. The number of benzene rings is 2. The minimum absolute atomic E-state index is 0.0435. The van der Waals surface area contributed by atoms with E-state index < -0.39 is 17.8 Å². The SMILES string of the molecule is COC(=O)c1ccc([C@@H]2C3=C(C[C@H](c4ccc(OC)c(OC)c4)CC3=O)N=C(C)C2C(=O)OC2CCCC2)cc1. The first-order chi connectivity index (χ1) is 19.3. The van der Waals surface area contributed by atoms with Gasteiger partial charge in [-0.05, 0) is 80.3 Å². The molecule has 3 aliphatic rings. The van der Waals surface area contributed by atoms with Crippen molar-refractivity contribution in [3.05, 3.63) is 70.4 Å². The zero-order valence-electron chi connectivity index (χ0n) is 23.4. The molecule has 8 nitrogen and oxygen atoms in total. The Bertz CT molecular complexity index is 1370. The van der Waals surface area contributed by atoms with E-state index >= 15 is 0 Å². The van der Waals surface area contributed by atoms with Crippen LogP contribution in [-0.4, -0.2) is 50.9 Å². The van der Waals surface area contributed by atoms with E-state index in [-0.39, 0.29) is 30.2 Å². The number of esters is 2.